The summed E-state index contributed by atoms with van der Waals surface area (Å²) in [5.41, 5.74) is -0.0447. The van der Waals surface area contributed by atoms with Crippen LogP contribution in [-0.2, 0) is 9.59 Å². The smallest absolute Gasteiger partial charge is 0.366 e. The summed E-state index contributed by atoms with van der Waals surface area (Å²) in [6.07, 6.45) is -0.915. The van der Waals surface area contributed by atoms with E-state index in [0.717, 1.165) is 11.0 Å². The second kappa shape index (κ2) is 7.26. The molecule has 2 amide bonds. The van der Waals surface area contributed by atoms with Gasteiger partial charge in [-0.25, -0.2) is 0 Å². The van der Waals surface area contributed by atoms with E-state index in [1.54, 1.807) is 0 Å². The maximum atomic E-state index is 12.4. The third kappa shape index (κ3) is 3.70. The number of benzene rings is 1. The molecule has 0 fully saturated rings. The van der Waals surface area contributed by atoms with Gasteiger partial charge in [0.1, 0.15) is 6.54 Å². The number of hydrogen-bond acceptors (Lipinski definition) is 8. The molecule has 144 valence electrons. The Morgan fingerprint density at radius 1 is 1.25 bits per heavy atom. The van der Waals surface area contributed by atoms with E-state index in [2.05, 4.69) is 10.3 Å². The summed E-state index contributed by atoms with van der Waals surface area (Å²) < 4.78 is 5.37. The van der Waals surface area contributed by atoms with Gasteiger partial charge in [0.25, 0.3) is 17.4 Å². The van der Waals surface area contributed by atoms with Gasteiger partial charge in [0.05, 0.1) is 4.92 Å². The molecule has 1 aromatic heterocycles. The summed E-state index contributed by atoms with van der Waals surface area (Å²) in [7, 11) is 0. The van der Waals surface area contributed by atoms with Crippen molar-refractivity contribution in [3.05, 3.63) is 56.6 Å². The lowest BCUT2D eigenvalue weighted by Crippen LogP contribution is -2.48. The van der Waals surface area contributed by atoms with Gasteiger partial charge in [-0.1, -0.05) is 6.07 Å². The molecule has 0 saturated carbocycles. The van der Waals surface area contributed by atoms with E-state index in [1.165, 1.54) is 37.3 Å². The molecule has 0 spiro atoms. The Hall–Kier alpha value is -4.09. The summed E-state index contributed by atoms with van der Waals surface area (Å²) in [6.45, 7) is 0.967. The SMILES string of the molecule is CC1Oc2ccc([N+](=O)[O-])nc2N(CC(=O)Nc2cccc([N+](=O)[O-])c2)C1=O. The monoisotopic (exact) mass is 387 g/mol. The van der Waals surface area contributed by atoms with E-state index in [1.807, 2.05) is 0 Å². The molecule has 12 nitrogen and oxygen atoms in total. The highest BCUT2D eigenvalue weighted by molar-refractivity contribution is 6.05. The van der Waals surface area contributed by atoms with E-state index in [9.17, 15) is 29.8 Å². The van der Waals surface area contributed by atoms with Gasteiger partial charge in [-0.05, 0) is 29.0 Å². The van der Waals surface area contributed by atoms with Crippen molar-refractivity contribution >= 4 is 34.8 Å². The average molecular weight is 387 g/mol. The largest absolute Gasteiger partial charge is 0.475 e. The number of amides is 2. The second-order valence-corrected chi connectivity index (χ2v) is 5.79. The molecule has 12 heteroatoms. The highest BCUT2D eigenvalue weighted by Gasteiger charge is 2.37. The van der Waals surface area contributed by atoms with Crippen LogP contribution in [0.15, 0.2) is 36.4 Å². The molecule has 0 radical (unpaired) electrons. The fourth-order valence-electron chi connectivity index (χ4n) is 2.57. The zero-order valence-corrected chi connectivity index (χ0v) is 14.4. The summed E-state index contributed by atoms with van der Waals surface area (Å²) in [4.78, 5) is 50.0. The van der Waals surface area contributed by atoms with Gasteiger partial charge in [-0.2, -0.15) is 0 Å². The standard InChI is InChI=1S/C16H13N5O7/c1-9-16(23)19(15-12(28-9)5-6-13(18-15)21(26)27)8-14(22)17-10-3-2-4-11(7-10)20(24)25/h2-7,9H,8H2,1H3,(H,17,22). The van der Waals surface area contributed by atoms with Gasteiger partial charge in [0.15, 0.2) is 11.9 Å². The Bertz CT molecular complexity index is 993. The lowest BCUT2D eigenvalue weighted by molar-refractivity contribution is -0.389. The Balaban J connectivity index is 1.85. The van der Waals surface area contributed by atoms with E-state index in [0.29, 0.717) is 0 Å². The zero-order valence-electron chi connectivity index (χ0n) is 14.4. The maximum Gasteiger partial charge on any atom is 0.366 e. The molecule has 2 aromatic rings. The molecule has 2 heterocycles. The molecule has 1 aliphatic heterocycles. The van der Waals surface area contributed by atoms with Crippen molar-refractivity contribution in [2.75, 3.05) is 16.8 Å². The third-order valence-electron chi connectivity index (χ3n) is 3.83. The molecular formula is C16H13N5O7. The van der Waals surface area contributed by atoms with Gasteiger partial charge in [0, 0.05) is 23.9 Å². The maximum absolute atomic E-state index is 12.4. The van der Waals surface area contributed by atoms with E-state index in [4.69, 9.17) is 4.74 Å². The van der Waals surface area contributed by atoms with Crippen molar-refractivity contribution in [2.24, 2.45) is 0 Å². The van der Waals surface area contributed by atoms with Crippen LogP contribution in [-0.4, -0.2) is 39.3 Å². The summed E-state index contributed by atoms with van der Waals surface area (Å²) >= 11 is 0. The third-order valence-corrected chi connectivity index (χ3v) is 3.83. The lowest BCUT2D eigenvalue weighted by Gasteiger charge is -2.28. The number of rotatable bonds is 5. The lowest BCUT2D eigenvalue weighted by atomic mass is 10.2. The first-order chi connectivity index (χ1) is 13.3. The number of fused-ring (bicyclic) bond motifs is 1. The zero-order chi connectivity index (χ0) is 20.4. The van der Waals surface area contributed by atoms with Crippen LogP contribution < -0.4 is 15.0 Å². The van der Waals surface area contributed by atoms with Crippen LogP contribution in [0, 0.1) is 20.2 Å². The molecule has 28 heavy (non-hydrogen) atoms. The van der Waals surface area contributed by atoms with Crippen molar-refractivity contribution in [1.29, 1.82) is 0 Å². The number of carbonyl (C=O) groups excluding carboxylic acids is 2. The number of nitrogens with one attached hydrogen (secondary N) is 1. The van der Waals surface area contributed by atoms with E-state index < -0.39 is 40.1 Å². The van der Waals surface area contributed by atoms with Crippen LogP contribution in [0.2, 0.25) is 0 Å². The van der Waals surface area contributed by atoms with Crippen LogP contribution in [0.3, 0.4) is 0 Å². The first-order valence-electron chi connectivity index (χ1n) is 7.94. The van der Waals surface area contributed by atoms with Crippen LogP contribution in [0.4, 0.5) is 23.0 Å². The number of nitrogens with zero attached hydrogens (tertiary/aromatic N) is 4. The van der Waals surface area contributed by atoms with Crippen molar-refractivity contribution < 1.29 is 24.2 Å². The highest BCUT2D eigenvalue weighted by atomic mass is 16.6. The van der Waals surface area contributed by atoms with Crippen LogP contribution in [0.25, 0.3) is 0 Å². The van der Waals surface area contributed by atoms with Crippen molar-refractivity contribution in [3.8, 4) is 5.75 Å². The molecule has 0 aliphatic carbocycles. The summed E-state index contributed by atoms with van der Waals surface area (Å²) in [6, 6.07) is 7.71. The molecule has 1 atom stereocenters. The molecule has 0 bridgehead atoms. The minimum absolute atomic E-state index is 0.126. The first-order valence-corrected chi connectivity index (χ1v) is 7.94. The number of anilines is 2. The number of pyridine rings is 1. The predicted molar refractivity (Wildman–Crippen MR) is 95.1 cm³/mol. The molecule has 3 rings (SSSR count). The second-order valence-electron chi connectivity index (χ2n) is 5.79. The Labute approximate surface area is 157 Å². The fourth-order valence-corrected chi connectivity index (χ4v) is 2.57. The predicted octanol–water partition coefficient (Wildman–Crippen LogP) is 1.65. The van der Waals surface area contributed by atoms with E-state index in [-0.39, 0.29) is 22.9 Å². The van der Waals surface area contributed by atoms with Crippen LogP contribution in [0.5, 0.6) is 5.75 Å². The van der Waals surface area contributed by atoms with Gasteiger partial charge < -0.3 is 20.2 Å². The molecule has 1 aliphatic rings. The van der Waals surface area contributed by atoms with Gasteiger partial charge in [-0.3, -0.25) is 24.6 Å². The summed E-state index contributed by atoms with van der Waals surface area (Å²) in [5.74, 6) is -1.79. The van der Waals surface area contributed by atoms with Crippen molar-refractivity contribution in [3.63, 3.8) is 0 Å². The number of ether oxygens (including phenoxy) is 1. The summed E-state index contributed by atoms with van der Waals surface area (Å²) in [5, 5.41) is 24.2. The number of non-ortho nitro benzene ring substituents is 1. The fraction of sp³-hybridized carbons (Fsp3) is 0.188. The molecule has 0 saturated heterocycles. The van der Waals surface area contributed by atoms with Crippen LogP contribution in [0.1, 0.15) is 6.92 Å². The average Bonchev–Trinajstić information content (AvgIpc) is 2.65. The number of nitro groups is 2. The number of nitro benzene ring substituents is 1. The minimum Gasteiger partial charge on any atom is -0.475 e. The molecule has 1 aromatic carbocycles. The normalized spacial score (nSPS) is 15.4. The topological polar surface area (TPSA) is 158 Å². The quantitative estimate of drug-likeness (QED) is 0.599. The first kappa shape index (κ1) is 18.7. The molecular weight excluding hydrogens is 374 g/mol. The number of carbonyl (C=O) groups is 2. The van der Waals surface area contributed by atoms with Gasteiger partial charge in [0.2, 0.25) is 5.91 Å². The Kier molecular flexibility index (Phi) is 4.85. The molecule has 1 N–H and O–H groups in total. The Morgan fingerprint density at radius 3 is 2.68 bits per heavy atom. The number of aromatic nitrogens is 1. The minimum atomic E-state index is -0.915. The van der Waals surface area contributed by atoms with Crippen molar-refractivity contribution in [2.45, 2.75) is 13.0 Å². The number of hydrogen-bond donors (Lipinski definition) is 1. The van der Waals surface area contributed by atoms with E-state index >= 15 is 0 Å². The highest BCUT2D eigenvalue weighted by Crippen LogP contribution is 2.33. The van der Waals surface area contributed by atoms with Gasteiger partial charge in [-0.15, -0.1) is 0 Å². The van der Waals surface area contributed by atoms with Crippen LogP contribution >= 0.6 is 0 Å². The van der Waals surface area contributed by atoms with Gasteiger partial charge >= 0.3 is 5.82 Å². The van der Waals surface area contributed by atoms with Crippen molar-refractivity contribution in [1.82, 2.24) is 4.98 Å². The molecule has 1 unspecified atom stereocenters. The Morgan fingerprint density at radius 2 is 2.00 bits per heavy atom.